The van der Waals surface area contributed by atoms with Crippen molar-refractivity contribution in [3.63, 3.8) is 0 Å². The van der Waals surface area contributed by atoms with Crippen LogP contribution in [-0.4, -0.2) is 46.7 Å². The van der Waals surface area contributed by atoms with Crippen molar-refractivity contribution in [2.75, 3.05) is 18.6 Å². The molecule has 0 spiro atoms. The number of para-hydroxylation sites is 1. The van der Waals surface area contributed by atoms with Gasteiger partial charge in [0.2, 0.25) is 12.0 Å². The number of nitrogens with zero attached hydrogens (tertiary/aromatic N) is 3. The molecule has 1 aliphatic rings. The molecule has 2 N–H and O–H groups in total. The first kappa shape index (κ1) is 29.5. The van der Waals surface area contributed by atoms with Gasteiger partial charge in [0.05, 0.1) is 20.2 Å². The van der Waals surface area contributed by atoms with Gasteiger partial charge in [-0.1, -0.05) is 30.3 Å². The SMILES string of the molecule is COc1cccc([C@]2([C@H](Oc3nc(C)cc(C)n3)C(=O)O)NCC(=O)N(Cc3c(F)ccc(F)c3F)c3ccccc32)c1. The monoisotopic (exact) mass is 592 g/mol. The molecule has 1 aliphatic heterocycles. The second-order valence-corrected chi connectivity index (χ2v) is 9.98. The van der Waals surface area contributed by atoms with Crippen LogP contribution in [0, 0.1) is 31.3 Å². The molecular weight excluding hydrogens is 565 g/mol. The molecule has 1 amide bonds. The first-order chi connectivity index (χ1) is 20.5. The Bertz CT molecular complexity index is 1700. The fourth-order valence-electron chi connectivity index (χ4n) is 5.31. The highest BCUT2D eigenvalue weighted by Crippen LogP contribution is 2.43. The molecule has 4 aromatic rings. The number of nitrogens with one attached hydrogen (secondary N) is 1. The van der Waals surface area contributed by atoms with Gasteiger partial charge in [-0.3, -0.25) is 10.1 Å². The van der Waals surface area contributed by atoms with Crippen molar-refractivity contribution in [3.05, 3.63) is 112 Å². The number of amides is 1. The molecule has 0 fully saturated rings. The average molecular weight is 593 g/mol. The molecule has 0 unspecified atom stereocenters. The van der Waals surface area contributed by atoms with E-state index in [0.717, 1.165) is 11.0 Å². The van der Waals surface area contributed by atoms with Crippen molar-refractivity contribution in [2.45, 2.75) is 32.0 Å². The number of fused-ring (bicyclic) bond motifs is 1. The summed E-state index contributed by atoms with van der Waals surface area (Å²) in [4.78, 5) is 36.4. The van der Waals surface area contributed by atoms with Gasteiger partial charge in [0.1, 0.15) is 17.1 Å². The van der Waals surface area contributed by atoms with Gasteiger partial charge >= 0.3 is 12.0 Å². The van der Waals surface area contributed by atoms with Crippen molar-refractivity contribution >= 4 is 17.6 Å². The Morgan fingerprint density at radius 1 is 1.02 bits per heavy atom. The van der Waals surface area contributed by atoms with Crippen LogP contribution in [0.25, 0.3) is 0 Å². The van der Waals surface area contributed by atoms with Crippen molar-refractivity contribution < 1.29 is 37.3 Å². The number of carboxylic acids is 1. The first-order valence-electron chi connectivity index (χ1n) is 13.2. The van der Waals surface area contributed by atoms with E-state index >= 15 is 0 Å². The number of rotatable bonds is 8. The van der Waals surface area contributed by atoms with Crippen LogP contribution < -0.4 is 19.7 Å². The van der Waals surface area contributed by atoms with E-state index in [0.29, 0.717) is 28.8 Å². The predicted octanol–water partition coefficient (Wildman–Crippen LogP) is 4.43. The third-order valence-electron chi connectivity index (χ3n) is 7.22. The minimum Gasteiger partial charge on any atom is -0.497 e. The third-order valence-corrected chi connectivity index (χ3v) is 7.22. The van der Waals surface area contributed by atoms with E-state index in [2.05, 4.69) is 15.3 Å². The van der Waals surface area contributed by atoms with Crippen LogP contribution >= 0.6 is 0 Å². The molecule has 0 aliphatic carbocycles. The summed E-state index contributed by atoms with van der Waals surface area (Å²) < 4.78 is 55.1. The van der Waals surface area contributed by atoms with Crippen LogP contribution in [0.5, 0.6) is 11.8 Å². The second-order valence-electron chi connectivity index (χ2n) is 9.98. The van der Waals surface area contributed by atoms with Gasteiger partial charge in [0.15, 0.2) is 11.6 Å². The summed E-state index contributed by atoms with van der Waals surface area (Å²) in [6, 6.07) is 15.8. The summed E-state index contributed by atoms with van der Waals surface area (Å²) in [5.74, 6) is -5.44. The van der Waals surface area contributed by atoms with Crippen LogP contribution in [0.1, 0.15) is 28.1 Å². The zero-order chi connectivity index (χ0) is 30.9. The van der Waals surface area contributed by atoms with Crippen molar-refractivity contribution in [2.24, 2.45) is 0 Å². The number of aryl methyl sites for hydroxylation is 2. The summed E-state index contributed by atoms with van der Waals surface area (Å²) in [6.45, 7) is 2.25. The number of methoxy groups -OCH3 is 1. The van der Waals surface area contributed by atoms with E-state index in [1.165, 1.54) is 13.2 Å². The average Bonchev–Trinajstić information content (AvgIpc) is 3.10. The maximum absolute atomic E-state index is 14.8. The number of carbonyl (C=O) groups is 2. The number of hydrogen-bond donors (Lipinski definition) is 2. The number of hydrogen-bond acceptors (Lipinski definition) is 7. The highest BCUT2D eigenvalue weighted by molar-refractivity contribution is 5.97. The van der Waals surface area contributed by atoms with Crippen LogP contribution in [0.15, 0.2) is 66.7 Å². The van der Waals surface area contributed by atoms with E-state index < -0.39 is 59.6 Å². The summed E-state index contributed by atoms with van der Waals surface area (Å²) in [5, 5.41) is 13.8. The molecule has 0 radical (unpaired) electrons. The number of halogens is 3. The molecule has 2 heterocycles. The Hall–Kier alpha value is -4.97. The van der Waals surface area contributed by atoms with Gasteiger partial charge in [-0.2, -0.15) is 0 Å². The highest BCUT2D eigenvalue weighted by Gasteiger charge is 2.52. The Labute approximate surface area is 244 Å². The molecule has 5 rings (SSSR count). The van der Waals surface area contributed by atoms with Crippen molar-refractivity contribution in [1.29, 1.82) is 0 Å². The summed E-state index contributed by atoms with van der Waals surface area (Å²) in [5.41, 5.74) is -0.696. The number of aromatic nitrogens is 2. The largest absolute Gasteiger partial charge is 0.497 e. The summed E-state index contributed by atoms with van der Waals surface area (Å²) >= 11 is 0. The quantitative estimate of drug-likeness (QED) is 0.289. The van der Waals surface area contributed by atoms with Crippen LogP contribution in [0.3, 0.4) is 0 Å². The van der Waals surface area contributed by atoms with Gasteiger partial charge in [-0.05, 0) is 55.8 Å². The van der Waals surface area contributed by atoms with Crippen molar-refractivity contribution in [3.8, 4) is 11.8 Å². The minimum atomic E-state index is -1.80. The number of carbonyl (C=O) groups excluding carboxylic acids is 1. The smallest absolute Gasteiger partial charge is 0.347 e. The third kappa shape index (κ3) is 5.48. The zero-order valence-electron chi connectivity index (χ0n) is 23.4. The molecule has 12 heteroatoms. The molecule has 0 saturated carbocycles. The molecule has 9 nitrogen and oxygen atoms in total. The Morgan fingerprint density at radius 3 is 2.42 bits per heavy atom. The number of ether oxygens (including phenoxy) is 2. The van der Waals surface area contributed by atoms with Crippen molar-refractivity contribution in [1.82, 2.24) is 15.3 Å². The zero-order valence-corrected chi connectivity index (χ0v) is 23.4. The molecule has 0 saturated heterocycles. The number of benzene rings is 3. The molecule has 43 heavy (non-hydrogen) atoms. The molecule has 1 aromatic heterocycles. The standard InChI is InChI=1S/C31H27F3N4O5/c1-17-13-18(2)37-30(36-17)43-28(29(40)41)31(19-7-6-8-20(14-19)42-3)22-9-4-5-10-25(22)38(26(39)15-35-31)16-21-23(32)11-12-24(33)27(21)34/h4-14,28,35H,15-16H2,1-3H3,(H,40,41)/t28-,31+/m1/s1. The van der Waals surface area contributed by atoms with E-state index in [9.17, 15) is 27.9 Å². The van der Waals surface area contributed by atoms with Gasteiger partial charge in [0.25, 0.3) is 0 Å². The molecule has 222 valence electrons. The van der Waals surface area contributed by atoms with E-state index in [4.69, 9.17) is 9.47 Å². The van der Waals surface area contributed by atoms with Crippen LogP contribution in [0.4, 0.5) is 18.9 Å². The van der Waals surface area contributed by atoms with Gasteiger partial charge < -0.3 is 19.5 Å². The lowest BCUT2D eigenvalue weighted by Crippen LogP contribution is -2.58. The Morgan fingerprint density at radius 2 is 1.72 bits per heavy atom. The lowest BCUT2D eigenvalue weighted by atomic mass is 9.77. The Balaban J connectivity index is 1.76. The number of anilines is 1. The normalized spacial score (nSPS) is 17.2. The number of carboxylic acid groups (broad SMARTS) is 1. The molecule has 2 atom stereocenters. The highest BCUT2D eigenvalue weighted by atomic mass is 19.2. The minimum absolute atomic E-state index is 0.125. The van der Waals surface area contributed by atoms with E-state index in [-0.39, 0.29) is 17.3 Å². The number of aliphatic carboxylic acids is 1. The molecule has 0 bridgehead atoms. The Kier molecular flexibility index (Phi) is 8.05. The molecule has 3 aromatic carbocycles. The fourth-order valence-corrected chi connectivity index (χ4v) is 5.31. The maximum Gasteiger partial charge on any atom is 0.347 e. The van der Waals surface area contributed by atoms with E-state index in [1.807, 2.05) is 0 Å². The fraction of sp³-hybridized carbons (Fsp3) is 0.226. The first-order valence-corrected chi connectivity index (χ1v) is 13.2. The van der Waals surface area contributed by atoms with E-state index in [1.54, 1.807) is 62.4 Å². The van der Waals surface area contributed by atoms with Crippen LogP contribution in [0.2, 0.25) is 0 Å². The van der Waals surface area contributed by atoms with Gasteiger partial charge in [0, 0.05) is 28.2 Å². The summed E-state index contributed by atoms with van der Waals surface area (Å²) in [6.07, 6.45) is -1.78. The lowest BCUT2D eigenvalue weighted by Gasteiger charge is -2.39. The maximum atomic E-state index is 14.8. The lowest BCUT2D eigenvalue weighted by molar-refractivity contribution is -0.149. The van der Waals surface area contributed by atoms with Gasteiger partial charge in [-0.15, -0.1) is 0 Å². The van der Waals surface area contributed by atoms with Gasteiger partial charge in [-0.25, -0.2) is 27.9 Å². The predicted molar refractivity (Wildman–Crippen MR) is 149 cm³/mol. The van der Waals surface area contributed by atoms with Crippen LogP contribution in [-0.2, 0) is 21.7 Å². The molecular formula is C31H27F3N4O5. The second kappa shape index (κ2) is 11.7. The summed E-state index contributed by atoms with van der Waals surface area (Å²) in [7, 11) is 1.45. The topological polar surface area (TPSA) is 114 Å².